The van der Waals surface area contributed by atoms with E-state index >= 15 is 0 Å². The molecule has 11 heteroatoms. The number of sulfonamides is 1. The van der Waals surface area contributed by atoms with E-state index in [0.29, 0.717) is 22.7 Å². The van der Waals surface area contributed by atoms with E-state index in [2.05, 4.69) is 15.5 Å². The maximum atomic E-state index is 12.9. The highest BCUT2D eigenvalue weighted by molar-refractivity contribution is 7.92. The van der Waals surface area contributed by atoms with E-state index in [9.17, 15) is 13.2 Å². The number of methoxy groups -OCH3 is 2. The number of ether oxygens (including phenoxy) is 2. The van der Waals surface area contributed by atoms with Gasteiger partial charge in [0.05, 0.1) is 24.8 Å². The molecule has 4 aromatic rings. The normalized spacial score (nSPS) is 11.1. The van der Waals surface area contributed by atoms with Crippen molar-refractivity contribution in [3.05, 3.63) is 78.4 Å². The van der Waals surface area contributed by atoms with Gasteiger partial charge >= 0.3 is 6.01 Å². The van der Waals surface area contributed by atoms with Gasteiger partial charge < -0.3 is 13.9 Å². The van der Waals surface area contributed by atoms with E-state index in [0.717, 1.165) is 0 Å². The highest BCUT2D eigenvalue weighted by Gasteiger charge is 2.22. The first-order valence-electron chi connectivity index (χ1n) is 10.3. The smallest absolute Gasteiger partial charge is 0.322 e. The predicted molar refractivity (Wildman–Crippen MR) is 129 cm³/mol. The molecule has 0 saturated carbocycles. The van der Waals surface area contributed by atoms with Crippen LogP contribution < -0.4 is 19.1 Å². The van der Waals surface area contributed by atoms with E-state index in [1.165, 1.54) is 49.8 Å². The van der Waals surface area contributed by atoms with Gasteiger partial charge in [0.25, 0.3) is 15.9 Å². The minimum atomic E-state index is -3.79. The Morgan fingerprint density at radius 1 is 0.914 bits per heavy atom. The first-order chi connectivity index (χ1) is 16.8. The third-order valence-corrected chi connectivity index (χ3v) is 6.97. The fraction of sp³-hybridized carbons (Fsp3) is 0.125. The Bertz CT molecular complexity index is 1440. The summed E-state index contributed by atoms with van der Waals surface area (Å²) in [5, 5.41) is 10.3. The molecule has 0 aliphatic carbocycles. The molecule has 1 amide bonds. The second-order valence-electron chi connectivity index (χ2n) is 7.27. The standard InChI is InChI=1S/C24H22N4O6S/c1-28(18-7-5-4-6-8-18)35(30,31)19-12-9-16(10-13-19)22(29)25-24-27-26-23(34-24)17-11-14-20(32-2)21(15-17)33-3/h4-15H,1-3H3,(H,25,27,29). The molecule has 35 heavy (non-hydrogen) atoms. The minimum absolute atomic E-state index is 0.0499. The molecule has 0 bridgehead atoms. The molecule has 0 aliphatic heterocycles. The highest BCUT2D eigenvalue weighted by Crippen LogP contribution is 2.32. The van der Waals surface area contributed by atoms with Crippen LogP contribution in [0.25, 0.3) is 11.5 Å². The summed E-state index contributed by atoms with van der Waals surface area (Å²) >= 11 is 0. The number of hydrogen-bond acceptors (Lipinski definition) is 8. The number of aromatic nitrogens is 2. The van der Waals surface area contributed by atoms with Crippen LogP contribution >= 0.6 is 0 Å². The predicted octanol–water partition coefficient (Wildman–Crippen LogP) is 3.83. The van der Waals surface area contributed by atoms with Crippen LogP contribution in [0.5, 0.6) is 11.5 Å². The zero-order valence-electron chi connectivity index (χ0n) is 19.1. The van der Waals surface area contributed by atoms with Crippen LogP contribution in [0.1, 0.15) is 10.4 Å². The first kappa shape index (κ1) is 23.8. The van der Waals surface area contributed by atoms with E-state index < -0.39 is 15.9 Å². The van der Waals surface area contributed by atoms with E-state index in [4.69, 9.17) is 13.9 Å². The fourth-order valence-corrected chi connectivity index (χ4v) is 4.44. The second kappa shape index (κ2) is 9.85. The summed E-state index contributed by atoms with van der Waals surface area (Å²) in [4.78, 5) is 12.7. The van der Waals surface area contributed by atoms with Gasteiger partial charge in [-0.25, -0.2) is 8.42 Å². The van der Waals surface area contributed by atoms with Crippen LogP contribution in [0.2, 0.25) is 0 Å². The molecule has 1 aromatic heterocycles. The van der Waals surface area contributed by atoms with Gasteiger partial charge in [-0.05, 0) is 54.6 Å². The maximum absolute atomic E-state index is 12.9. The van der Waals surface area contributed by atoms with Crippen molar-refractivity contribution in [3.8, 4) is 23.0 Å². The molecule has 0 aliphatic rings. The van der Waals surface area contributed by atoms with Crippen molar-refractivity contribution in [1.82, 2.24) is 10.2 Å². The Hall–Kier alpha value is -4.38. The number of hydrogen-bond donors (Lipinski definition) is 1. The minimum Gasteiger partial charge on any atom is -0.493 e. The zero-order valence-corrected chi connectivity index (χ0v) is 19.9. The summed E-state index contributed by atoms with van der Waals surface area (Å²) in [5.74, 6) is 0.672. The number of carbonyl (C=O) groups is 1. The molecule has 0 saturated heterocycles. The van der Waals surface area contributed by atoms with Crippen molar-refractivity contribution in [2.75, 3.05) is 30.9 Å². The summed E-state index contributed by atoms with van der Waals surface area (Å²) in [7, 11) is 0.719. The Kier molecular flexibility index (Phi) is 6.69. The monoisotopic (exact) mass is 494 g/mol. The van der Waals surface area contributed by atoms with E-state index in [-0.39, 0.29) is 22.4 Å². The molecule has 1 N–H and O–H groups in total. The van der Waals surface area contributed by atoms with Crippen LogP contribution in [0, 0.1) is 0 Å². The van der Waals surface area contributed by atoms with Crippen molar-refractivity contribution in [1.29, 1.82) is 0 Å². The molecule has 4 rings (SSSR count). The van der Waals surface area contributed by atoms with Crippen molar-refractivity contribution in [3.63, 3.8) is 0 Å². The number of para-hydroxylation sites is 1. The van der Waals surface area contributed by atoms with Gasteiger partial charge in [0.2, 0.25) is 5.89 Å². The van der Waals surface area contributed by atoms with Crippen LogP contribution in [-0.2, 0) is 10.0 Å². The number of nitrogens with one attached hydrogen (secondary N) is 1. The molecule has 180 valence electrons. The van der Waals surface area contributed by atoms with Gasteiger partial charge in [0.15, 0.2) is 11.5 Å². The number of rotatable bonds is 8. The molecule has 1 heterocycles. The van der Waals surface area contributed by atoms with Gasteiger partial charge in [0, 0.05) is 18.2 Å². The number of nitrogens with zero attached hydrogens (tertiary/aromatic N) is 3. The van der Waals surface area contributed by atoms with Crippen molar-refractivity contribution in [2.45, 2.75) is 4.90 Å². The van der Waals surface area contributed by atoms with Crippen LogP contribution in [-0.4, -0.2) is 45.8 Å². The Labute approximate surface area is 202 Å². The number of anilines is 2. The lowest BCUT2D eigenvalue weighted by molar-refractivity contribution is 0.102. The average molecular weight is 495 g/mol. The number of benzene rings is 3. The van der Waals surface area contributed by atoms with E-state index in [1.54, 1.807) is 48.5 Å². The van der Waals surface area contributed by atoms with Crippen LogP contribution in [0.15, 0.2) is 82.1 Å². The lowest BCUT2D eigenvalue weighted by Gasteiger charge is -2.19. The molecule has 0 fully saturated rings. The second-order valence-corrected chi connectivity index (χ2v) is 9.24. The summed E-state index contributed by atoms with van der Waals surface area (Å²) in [5.41, 5.74) is 1.32. The topological polar surface area (TPSA) is 124 Å². The third-order valence-electron chi connectivity index (χ3n) is 5.17. The summed E-state index contributed by atoms with van der Waals surface area (Å²) in [6.07, 6.45) is 0. The molecule has 10 nitrogen and oxygen atoms in total. The Morgan fingerprint density at radius 2 is 1.60 bits per heavy atom. The average Bonchev–Trinajstić information content (AvgIpc) is 3.36. The largest absolute Gasteiger partial charge is 0.493 e. The van der Waals surface area contributed by atoms with Crippen molar-refractivity contribution in [2.24, 2.45) is 0 Å². The van der Waals surface area contributed by atoms with Crippen LogP contribution in [0.4, 0.5) is 11.7 Å². The lowest BCUT2D eigenvalue weighted by atomic mass is 10.2. The molecule has 3 aromatic carbocycles. The Balaban J connectivity index is 1.47. The van der Waals surface area contributed by atoms with Gasteiger partial charge in [0.1, 0.15) is 0 Å². The van der Waals surface area contributed by atoms with E-state index in [1.807, 2.05) is 0 Å². The fourth-order valence-electron chi connectivity index (χ4n) is 3.24. The lowest BCUT2D eigenvalue weighted by Crippen LogP contribution is -2.26. The molecule has 0 radical (unpaired) electrons. The van der Waals surface area contributed by atoms with Gasteiger partial charge in [-0.15, -0.1) is 5.10 Å². The molecule has 0 atom stereocenters. The highest BCUT2D eigenvalue weighted by atomic mass is 32.2. The molecule has 0 unspecified atom stereocenters. The molecular formula is C24H22N4O6S. The Morgan fingerprint density at radius 3 is 2.26 bits per heavy atom. The van der Waals surface area contributed by atoms with Gasteiger partial charge in [-0.3, -0.25) is 14.4 Å². The number of amides is 1. The first-order valence-corrected chi connectivity index (χ1v) is 11.8. The molecule has 0 spiro atoms. The van der Waals surface area contributed by atoms with Gasteiger partial charge in [-0.1, -0.05) is 23.3 Å². The quantitative estimate of drug-likeness (QED) is 0.392. The van der Waals surface area contributed by atoms with Crippen molar-refractivity contribution < 1.29 is 27.1 Å². The molecular weight excluding hydrogens is 472 g/mol. The van der Waals surface area contributed by atoms with Gasteiger partial charge in [-0.2, -0.15) is 0 Å². The maximum Gasteiger partial charge on any atom is 0.322 e. The van der Waals surface area contributed by atoms with Crippen molar-refractivity contribution >= 4 is 27.6 Å². The summed E-state index contributed by atoms with van der Waals surface area (Å²) < 4.78 is 43.0. The number of carbonyl (C=O) groups excluding carboxylic acids is 1. The van der Waals surface area contributed by atoms with Crippen LogP contribution in [0.3, 0.4) is 0 Å². The zero-order chi connectivity index (χ0) is 25.0. The SMILES string of the molecule is COc1ccc(-c2nnc(NC(=O)c3ccc(S(=O)(=O)N(C)c4ccccc4)cc3)o2)cc1OC. The summed E-state index contributed by atoms with van der Waals surface area (Å²) in [6.45, 7) is 0. The summed E-state index contributed by atoms with van der Waals surface area (Å²) in [6, 6.07) is 19.2. The third kappa shape index (κ3) is 4.94.